The lowest BCUT2D eigenvalue weighted by molar-refractivity contribution is -0.190. The summed E-state index contributed by atoms with van der Waals surface area (Å²) in [5.74, 6) is -1.16. The number of carbonyl (C=O) groups excluding carboxylic acids is 1. The van der Waals surface area contributed by atoms with Crippen molar-refractivity contribution in [1.29, 1.82) is 0 Å². The summed E-state index contributed by atoms with van der Waals surface area (Å²) in [5, 5.41) is 14.5. The molecule has 6 nitrogen and oxygen atoms in total. The predicted molar refractivity (Wildman–Crippen MR) is 150 cm³/mol. The third-order valence-corrected chi connectivity index (χ3v) is 6.71. The van der Waals surface area contributed by atoms with Gasteiger partial charge in [-0.15, -0.1) is 0 Å². The van der Waals surface area contributed by atoms with Crippen molar-refractivity contribution in [3.8, 4) is 0 Å². The molecular formula is C29H40Cl2N2O4. The molecule has 2 aromatic rings. The van der Waals surface area contributed by atoms with Gasteiger partial charge in [-0.1, -0.05) is 106 Å². The van der Waals surface area contributed by atoms with E-state index in [2.05, 4.69) is 12.2 Å². The summed E-state index contributed by atoms with van der Waals surface area (Å²) in [5.41, 5.74) is 2.23. The second-order valence-corrected chi connectivity index (χ2v) is 10.2. The van der Waals surface area contributed by atoms with Crippen LogP contribution < -0.4 is 5.32 Å². The molecule has 2 aromatic carbocycles. The lowest BCUT2D eigenvalue weighted by Crippen LogP contribution is -2.27. The molecule has 0 aromatic heterocycles. The highest BCUT2D eigenvalue weighted by Gasteiger charge is 2.13. The number of nitrogens with zero attached hydrogens (tertiary/aromatic N) is 1. The average molecular weight is 552 g/mol. The first-order valence-corrected chi connectivity index (χ1v) is 14.1. The van der Waals surface area contributed by atoms with Gasteiger partial charge in [0, 0.05) is 28.7 Å². The zero-order chi connectivity index (χ0) is 26.9. The molecule has 37 heavy (non-hydrogen) atoms. The van der Waals surface area contributed by atoms with Crippen molar-refractivity contribution in [1.82, 2.24) is 10.4 Å². The first-order chi connectivity index (χ1) is 17.9. The fourth-order valence-electron chi connectivity index (χ4n) is 4.02. The van der Waals surface area contributed by atoms with E-state index in [-0.39, 0.29) is 12.5 Å². The molecule has 0 fully saturated rings. The van der Waals surface area contributed by atoms with Crippen LogP contribution in [0.5, 0.6) is 0 Å². The first kappa shape index (κ1) is 31.1. The van der Waals surface area contributed by atoms with Crippen LogP contribution in [0.4, 0.5) is 0 Å². The Morgan fingerprint density at radius 2 is 1.49 bits per heavy atom. The Hall–Kier alpha value is -2.12. The van der Waals surface area contributed by atoms with Gasteiger partial charge < -0.3 is 10.4 Å². The maximum Gasteiger partial charge on any atom is 0.331 e. The molecule has 2 rings (SSSR count). The van der Waals surface area contributed by atoms with Crippen molar-refractivity contribution >= 4 is 35.1 Å². The summed E-state index contributed by atoms with van der Waals surface area (Å²) in [6.07, 6.45) is 12.6. The molecule has 2 N–H and O–H groups in total. The van der Waals surface area contributed by atoms with Crippen molar-refractivity contribution in [3.63, 3.8) is 0 Å². The Bertz CT molecular complexity index is 953. The zero-order valence-corrected chi connectivity index (χ0v) is 23.3. The average Bonchev–Trinajstić information content (AvgIpc) is 2.87. The predicted octanol–water partition coefficient (Wildman–Crippen LogP) is 7.66. The molecule has 1 amide bonds. The van der Waals surface area contributed by atoms with Gasteiger partial charge in [-0.05, 0) is 41.8 Å². The van der Waals surface area contributed by atoms with Crippen LogP contribution in [0.1, 0.15) is 92.6 Å². The Morgan fingerprint density at radius 3 is 2.08 bits per heavy atom. The quantitative estimate of drug-likeness (QED) is 0.138. The smallest absolute Gasteiger partial charge is 0.331 e. The summed E-state index contributed by atoms with van der Waals surface area (Å²) in [6, 6.07) is 12.4. The Balaban J connectivity index is 1.75. The van der Waals surface area contributed by atoms with Gasteiger partial charge in [-0.2, -0.15) is 5.06 Å². The molecule has 0 saturated carbocycles. The highest BCUT2D eigenvalue weighted by Crippen LogP contribution is 2.23. The fraction of sp³-hybridized carbons (Fsp3) is 0.517. The number of benzene rings is 2. The number of unbranched alkanes of at least 4 members (excludes halogenated alkanes) is 9. The van der Waals surface area contributed by atoms with E-state index in [4.69, 9.17) is 33.1 Å². The lowest BCUT2D eigenvalue weighted by Gasteiger charge is -2.22. The molecule has 8 heteroatoms. The Labute approximate surface area is 231 Å². The van der Waals surface area contributed by atoms with E-state index in [0.717, 1.165) is 24.0 Å². The number of nitrogens with one attached hydrogen (secondary N) is 1. The van der Waals surface area contributed by atoms with E-state index in [1.165, 1.54) is 56.4 Å². The molecule has 0 spiro atoms. The van der Waals surface area contributed by atoms with E-state index in [1.54, 1.807) is 30.3 Å². The number of carboxylic acid groups (broad SMARTS) is 1. The molecule has 0 aliphatic carbocycles. The van der Waals surface area contributed by atoms with Crippen LogP contribution in [0.3, 0.4) is 0 Å². The largest absolute Gasteiger partial charge is 0.479 e. The van der Waals surface area contributed by atoms with Crippen LogP contribution >= 0.6 is 23.2 Å². The second-order valence-electron chi connectivity index (χ2n) is 9.34. The summed E-state index contributed by atoms with van der Waals surface area (Å²) in [6.45, 7) is 3.06. The van der Waals surface area contributed by atoms with Crippen LogP contribution in [0.2, 0.25) is 10.0 Å². The minimum Gasteiger partial charge on any atom is -0.479 e. The second kappa shape index (κ2) is 18.2. The third-order valence-electron chi connectivity index (χ3n) is 6.12. The van der Waals surface area contributed by atoms with Crippen LogP contribution in [-0.2, 0) is 22.7 Å². The number of halogens is 2. The minimum atomic E-state index is -1.07. The maximum atomic E-state index is 12.5. The van der Waals surface area contributed by atoms with E-state index < -0.39 is 12.6 Å². The van der Waals surface area contributed by atoms with Gasteiger partial charge in [0.2, 0.25) is 0 Å². The molecule has 0 bridgehead atoms. The Kier molecular flexibility index (Phi) is 15.3. The third kappa shape index (κ3) is 13.3. The molecule has 0 unspecified atom stereocenters. The molecule has 0 radical (unpaired) electrons. The van der Waals surface area contributed by atoms with Gasteiger partial charge in [0.15, 0.2) is 6.61 Å². The normalized spacial score (nSPS) is 11.1. The number of aliphatic carboxylic acids is 1. The standard InChI is InChI=1S/C29H40Cl2N2O4/c1-2-3-4-5-6-7-8-9-10-11-18-32-29(36)24-14-12-23(13-15-24)20-33(37-22-28(34)35)21-25-16-17-26(30)19-27(25)31/h12-17,19H,2-11,18,20-22H2,1H3,(H,32,36)(H,34,35). The van der Waals surface area contributed by atoms with Crippen molar-refractivity contribution in [3.05, 3.63) is 69.2 Å². The van der Waals surface area contributed by atoms with Crippen LogP contribution in [0.25, 0.3) is 0 Å². The van der Waals surface area contributed by atoms with Gasteiger partial charge in [0.1, 0.15) is 0 Å². The molecule has 0 atom stereocenters. The van der Waals surface area contributed by atoms with Gasteiger partial charge >= 0.3 is 5.97 Å². The number of amides is 1. The summed E-state index contributed by atoms with van der Waals surface area (Å²) >= 11 is 12.2. The van der Waals surface area contributed by atoms with Crippen molar-refractivity contribution in [2.45, 2.75) is 84.2 Å². The fourth-order valence-corrected chi connectivity index (χ4v) is 4.48. The lowest BCUT2D eigenvalue weighted by atomic mass is 10.1. The van der Waals surface area contributed by atoms with Crippen molar-refractivity contribution < 1.29 is 19.5 Å². The van der Waals surface area contributed by atoms with Crippen LogP contribution in [-0.4, -0.2) is 35.2 Å². The van der Waals surface area contributed by atoms with E-state index in [0.29, 0.717) is 28.7 Å². The first-order valence-electron chi connectivity index (χ1n) is 13.3. The molecule has 0 aliphatic rings. The Morgan fingerprint density at radius 1 is 0.865 bits per heavy atom. The zero-order valence-electron chi connectivity index (χ0n) is 21.8. The van der Waals surface area contributed by atoms with E-state index >= 15 is 0 Å². The van der Waals surface area contributed by atoms with Gasteiger partial charge in [0.25, 0.3) is 5.91 Å². The molecule has 0 saturated heterocycles. The summed E-state index contributed by atoms with van der Waals surface area (Å²) in [4.78, 5) is 29.0. The number of rotatable bonds is 19. The van der Waals surface area contributed by atoms with Crippen molar-refractivity contribution in [2.75, 3.05) is 13.2 Å². The van der Waals surface area contributed by atoms with Crippen LogP contribution in [0, 0.1) is 0 Å². The topological polar surface area (TPSA) is 78.9 Å². The SMILES string of the molecule is CCCCCCCCCCCCNC(=O)c1ccc(CN(Cc2ccc(Cl)cc2Cl)OCC(=O)O)cc1. The summed E-state index contributed by atoms with van der Waals surface area (Å²) < 4.78 is 0. The van der Waals surface area contributed by atoms with Gasteiger partial charge in [-0.25, -0.2) is 4.79 Å². The van der Waals surface area contributed by atoms with Crippen LogP contribution in [0.15, 0.2) is 42.5 Å². The molecule has 0 aliphatic heterocycles. The number of carboxylic acids is 1. The number of hydroxylamine groups is 2. The highest BCUT2D eigenvalue weighted by atomic mass is 35.5. The molecule has 204 valence electrons. The number of hydrogen-bond donors (Lipinski definition) is 2. The summed E-state index contributed by atoms with van der Waals surface area (Å²) in [7, 11) is 0. The van der Waals surface area contributed by atoms with Gasteiger partial charge in [0.05, 0.1) is 6.54 Å². The van der Waals surface area contributed by atoms with E-state index in [9.17, 15) is 9.59 Å². The number of carbonyl (C=O) groups is 2. The molecular weight excluding hydrogens is 511 g/mol. The monoisotopic (exact) mass is 550 g/mol. The maximum absolute atomic E-state index is 12.5. The minimum absolute atomic E-state index is 0.0885. The molecule has 0 heterocycles. The van der Waals surface area contributed by atoms with Gasteiger partial charge in [-0.3, -0.25) is 9.63 Å². The van der Waals surface area contributed by atoms with Crippen molar-refractivity contribution in [2.24, 2.45) is 0 Å². The highest BCUT2D eigenvalue weighted by molar-refractivity contribution is 6.35. The van der Waals surface area contributed by atoms with E-state index in [1.807, 2.05) is 12.1 Å². The number of hydrogen-bond acceptors (Lipinski definition) is 4.